The fourth-order valence-electron chi connectivity index (χ4n) is 2.70. The molecule has 0 saturated carbocycles. The number of aryl methyl sites for hydroxylation is 1. The molecule has 0 radical (unpaired) electrons. The Bertz CT molecular complexity index is 973. The van der Waals surface area contributed by atoms with Crippen LogP contribution in [0.2, 0.25) is 0 Å². The molecule has 3 aromatic rings. The first kappa shape index (κ1) is 16.8. The minimum absolute atomic E-state index is 0.240. The predicted molar refractivity (Wildman–Crippen MR) is 102 cm³/mol. The fourth-order valence-corrected chi connectivity index (χ4v) is 2.70. The van der Waals surface area contributed by atoms with Crippen LogP contribution in [0.1, 0.15) is 16.1 Å². The van der Waals surface area contributed by atoms with Gasteiger partial charge in [0.2, 0.25) is 0 Å². The Hall–Kier alpha value is -3.61. The van der Waals surface area contributed by atoms with Gasteiger partial charge in [0.25, 0.3) is 5.91 Å². The molecule has 2 N–H and O–H groups in total. The third-order valence-corrected chi connectivity index (χ3v) is 3.98. The Morgan fingerprint density at radius 2 is 1.81 bits per heavy atom. The van der Waals surface area contributed by atoms with Crippen LogP contribution in [0, 0.1) is 6.92 Å². The SMILES string of the molecule is Cc1cccc(NC(=O)c2cnc(Nc3ccc4c(c3)OCCO4)cn2)c1. The molecule has 4 rings (SSSR count). The number of nitrogens with zero attached hydrogens (tertiary/aromatic N) is 2. The summed E-state index contributed by atoms with van der Waals surface area (Å²) in [6.45, 7) is 3.05. The molecule has 1 aromatic heterocycles. The van der Waals surface area contributed by atoms with Gasteiger partial charge in [0.1, 0.15) is 24.7 Å². The van der Waals surface area contributed by atoms with Gasteiger partial charge in [0, 0.05) is 17.4 Å². The molecule has 0 bridgehead atoms. The number of fused-ring (bicyclic) bond motifs is 1. The second kappa shape index (κ2) is 7.33. The summed E-state index contributed by atoms with van der Waals surface area (Å²) < 4.78 is 11.1. The van der Waals surface area contributed by atoms with Crippen molar-refractivity contribution in [2.24, 2.45) is 0 Å². The van der Waals surface area contributed by atoms with Crippen molar-refractivity contribution in [2.75, 3.05) is 23.8 Å². The Labute approximate surface area is 156 Å². The smallest absolute Gasteiger partial charge is 0.275 e. The van der Waals surface area contributed by atoms with E-state index >= 15 is 0 Å². The van der Waals surface area contributed by atoms with Crippen molar-refractivity contribution in [3.8, 4) is 11.5 Å². The number of ether oxygens (including phenoxy) is 2. The number of rotatable bonds is 4. The summed E-state index contributed by atoms with van der Waals surface area (Å²) in [6, 6.07) is 13.1. The number of hydrogen-bond donors (Lipinski definition) is 2. The molecule has 0 spiro atoms. The molecule has 7 nitrogen and oxygen atoms in total. The largest absolute Gasteiger partial charge is 0.486 e. The van der Waals surface area contributed by atoms with Gasteiger partial charge in [-0.25, -0.2) is 9.97 Å². The van der Waals surface area contributed by atoms with Gasteiger partial charge in [0.15, 0.2) is 11.5 Å². The van der Waals surface area contributed by atoms with Crippen LogP contribution in [-0.2, 0) is 0 Å². The van der Waals surface area contributed by atoms with E-state index in [1.165, 1.54) is 12.4 Å². The van der Waals surface area contributed by atoms with E-state index < -0.39 is 0 Å². The van der Waals surface area contributed by atoms with Gasteiger partial charge >= 0.3 is 0 Å². The lowest BCUT2D eigenvalue weighted by Crippen LogP contribution is -2.15. The van der Waals surface area contributed by atoms with Crippen molar-refractivity contribution in [3.63, 3.8) is 0 Å². The van der Waals surface area contributed by atoms with E-state index in [1.54, 1.807) is 0 Å². The fraction of sp³-hybridized carbons (Fsp3) is 0.150. The molecule has 27 heavy (non-hydrogen) atoms. The average molecular weight is 362 g/mol. The van der Waals surface area contributed by atoms with E-state index in [2.05, 4.69) is 20.6 Å². The number of benzene rings is 2. The Balaban J connectivity index is 1.43. The summed E-state index contributed by atoms with van der Waals surface area (Å²) in [6.07, 6.45) is 2.95. The van der Waals surface area contributed by atoms with Crippen molar-refractivity contribution in [1.82, 2.24) is 9.97 Å². The van der Waals surface area contributed by atoms with E-state index in [1.807, 2.05) is 49.4 Å². The highest BCUT2D eigenvalue weighted by Crippen LogP contribution is 2.33. The minimum Gasteiger partial charge on any atom is -0.486 e. The van der Waals surface area contributed by atoms with Gasteiger partial charge < -0.3 is 20.1 Å². The number of amides is 1. The van der Waals surface area contributed by atoms with Crippen molar-refractivity contribution in [1.29, 1.82) is 0 Å². The van der Waals surface area contributed by atoms with Crippen LogP contribution in [0.4, 0.5) is 17.2 Å². The topological polar surface area (TPSA) is 85.4 Å². The van der Waals surface area contributed by atoms with E-state index in [4.69, 9.17) is 9.47 Å². The van der Waals surface area contributed by atoms with Gasteiger partial charge in [-0.3, -0.25) is 4.79 Å². The summed E-state index contributed by atoms with van der Waals surface area (Å²) in [7, 11) is 0. The normalized spacial score (nSPS) is 12.3. The molecule has 0 saturated heterocycles. The summed E-state index contributed by atoms with van der Waals surface area (Å²) in [5.74, 6) is 1.63. The molecular formula is C20H18N4O3. The average Bonchev–Trinajstić information content (AvgIpc) is 2.68. The van der Waals surface area contributed by atoms with Gasteiger partial charge in [0.05, 0.1) is 12.4 Å². The van der Waals surface area contributed by atoms with Crippen LogP contribution >= 0.6 is 0 Å². The maximum Gasteiger partial charge on any atom is 0.275 e. The highest BCUT2D eigenvalue weighted by Gasteiger charge is 2.12. The monoisotopic (exact) mass is 362 g/mol. The van der Waals surface area contributed by atoms with Crippen LogP contribution in [0.15, 0.2) is 54.9 Å². The maximum atomic E-state index is 12.3. The van der Waals surface area contributed by atoms with E-state index in [0.29, 0.717) is 24.8 Å². The zero-order valence-corrected chi connectivity index (χ0v) is 14.7. The zero-order chi connectivity index (χ0) is 18.6. The van der Waals surface area contributed by atoms with Crippen LogP contribution in [0.25, 0.3) is 0 Å². The molecule has 0 fully saturated rings. The molecule has 1 aliphatic rings. The molecule has 1 aliphatic heterocycles. The lowest BCUT2D eigenvalue weighted by Gasteiger charge is -2.19. The standard InChI is InChI=1S/C20H18N4O3/c1-13-3-2-4-14(9-13)24-20(25)16-11-22-19(12-21-16)23-15-5-6-17-18(10-15)27-8-7-26-17/h2-6,9-12H,7-8H2,1H3,(H,22,23)(H,24,25). The summed E-state index contributed by atoms with van der Waals surface area (Å²) >= 11 is 0. The number of carbonyl (C=O) groups excluding carboxylic acids is 1. The van der Waals surface area contributed by atoms with E-state index in [0.717, 1.165) is 22.7 Å². The van der Waals surface area contributed by atoms with Gasteiger partial charge in [-0.05, 0) is 36.8 Å². The Kier molecular flexibility index (Phi) is 4.57. The van der Waals surface area contributed by atoms with Crippen LogP contribution in [0.5, 0.6) is 11.5 Å². The van der Waals surface area contributed by atoms with Crippen LogP contribution in [0.3, 0.4) is 0 Å². The maximum absolute atomic E-state index is 12.3. The van der Waals surface area contributed by atoms with Crippen molar-refractivity contribution in [3.05, 3.63) is 66.1 Å². The zero-order valence-electron chi connectivity index (χ0n) is 14.7. The van der Waals surface area contributed by atoms with Gasteiger partial charge in [-0.1, -0.05) is 12.1 Å². The summed E-state index contributed by atoms with van der Waals surface area (Å²) in [5, 5.41) is 5.95. The second-order valence-electron chi connectivity index (χ2n) is 6.09. The predicted octanol–water partition coefficient (Wildman–Crippen LogP) is 3.55. The summed E-state index contributed by atoms with van der Waals surface area (Å²) in [4.78, 5) is 20.7. The van der Waals surface area contributed by atoms with Crippen molar-refractivity contribution >= 4 is 23.1 Å². The third kappa shape index (κ3) is 3.98. The number of nitrogens with one attached hydrogen (secondary N) is 2. The molecule has 136 valence electrons. The molecule has 2 aromatic carbocycles. The first-order valence-corrected chi connectivity index (χ1v) is 8.54. The van der Waals surface area contributed by atoms with Gasteiger partial charge in [-0.15, -0.1) is 0 Å². The highest BCUT2D eigenvalue weighted by atomic mass is 16.6. The quantitative estimate of drug-likeness (QED) is 0.738. The third-order valence-electron chi connectivity index (χ3n) is 3.98. The first-order valence-electron chi connectivity index (χ1n) is 8.54. The number of hydrogen-bond acceptors (Lipinski definition) is 6. The van der Waals surface area contributed by atoms with Crippen LogP contribution in [-0.4, -0.2) is 29.1 Å². The highest BCUT2D eigenvalue weighted by molar-refractivity contribution is 6.02. The minimum atomic E-state index is -0.307. The van der Waals surface area contributed by atoms with Crippen LogP contribution < -0.4 is 20.1 Å². The molecule has 7 heteroatoms. The molecule has 0 unspecified atom stereocenters. The van der Waals surface area contributed by atoms with Gasteiger partial charge in [-0.2, -0.15) is 0 Å². The molecule has 0 atom stereocenters. The number of anilines is 3. The molecule has 0 aliphatic carbocycles. The molecular weight excluding hydrogens is 344 g/mol. The molecule has 1 amide bonds. The van der Waals surface area contributed by atoms with E-state index in [9.17, 15) is 4.79 Å². The van der Waals surface area contributed by atoms with Crippen molar-refractivity contribution < 1.29 is 14.3 Å². The molecule has 2 heterocycles. The second-order valence-corrected chi connectivity index (χ2v) is 6.09. The summed E-state index contributed by atoms with van der Waals surface area (Å²) in [5.41, 5.74) is 2.83. The lowest BCUT2D eigenvalue weighted by molar-refractivity contribution is 0.102. The van der Waals surface area contributed by atoms with Crippen molar-refractivity contribution in [2.45, 2.75) is 6.92 Å². The number of aromatic nitrogens is 2. The lowest BCUT2D eigenvalue weighted by atomic mass is 10.2. The first-order chi connectivity index (χ1) is 13.2. The number of carbonyl (C=O) groups is 1. The Morgan fingerprint density at radius 3 is 2.59 bits per heavy atom. The Morgan fingerprint density at radius 1 is 0.963 bits per heavy atom. The van der Waals surface area contributed by atoms with E-state index in [-0.39, 0.29) is 11.6 Å².